The first-order chi connectivity index (χ1) is 10.0. The molecular formula is C17H19ClN2O. The van der Waals surface area contributed by atoms with Crippen LogP contribution in [0.3, 0.4) is 0 Å². The molecule has 2 aromatic rings. The summed E-state index contributed by atoms with van der Waals surface area (Å²) in [6.07, 6.45) is 2.28. The van der Waals surface area contributed by atoms with E-state index < -0.39 is 0 Å². The molecule has 21 heavy (non-hydrogen) atoms. The van der Waals surface area contributed by atoms with Crippen molar-refractivity contribution < 1.29 is 4.79 Å². The lowest BCUT2D eigenvalue weighted by atomic mass is 9.99. The molecule has 2 heterocycles. The number of pyridine rings is 1. The molecular weight excluding hydrogens is 284 g/mol. The topological polar surface area (TPSA) is 33.2 Å². The summed E-state index contributed by atoms with van der Waals surface area (Å²) in [5.74, 6) is 0.666. The van der Waals surface area contributed by atoms with Crippen LogP contribution in [0.4, 0.5) is 0 Å². The minimum absolute atomic E-state index is 0.0911. The maximum absolute atomic E-state index is 12.7. The fourth-order valence-electron chi connectivity index (χ4n) is 3.00. The van der Waals surface area contributed by atoms with E-state index in [2.05, 4.69) is 11.9 Å². The zero-order valence-electron chi connectivity index (χ0n) is 12.4. The van der Waals surface area contributed by atoms with E-state index in [1.54, 1.807) is 0 Å². The second kappa shape index (κ2) is 5.64. The Balaban J connectivity index is 1.98. The van der Waals surface area contributed by atoms with Crippen molar-refractivity contribution >= 4 is 28.4 Å². The first kappa shape index (κ1) is 14.3. The van der Waals surface area contributed by atoms with Crippen LogP contribution in [0, 0.1) is 12.8 Å². The lowest BCUT2D eigenvalue weighted by Crippen LogP contribution is -2.39. The highest BCUT2D eigenvalue weighted by molar-refractivity contribution is 6.31. The van der Waals surface area contributed by atoms with Gasteiger partial charge in [-0.15, -0.1) is 0 Å². The van der Waals surface area contributed by atoms with Crippen molar-refractivity contribution in [2.75, 3.05) is 13.1 Å². The number of nitrogens with zero attached hydrogens (tertiary/aromatic N) is 2. The Morgan fingerprint density at radius 3 is 2.95 bits per heavy atom. The molecule has 1 unspecified atom stereocenters. The number of aromatic nitrogens is 1. The van der Waals surface area contributed by atoms with Crippen LogP contribution in [0.15, 0.2) is 24.3 Å². The highest BCUT2D eigenvalue weighted by Crippen LogP contribution is 2.23. The second-order valence-corrected chi connectivity index (χ2v) is 6.39. The normalized spacial score (nSPS) is 19.0. The number of carbonyl (C=O) groups is 1. The third-order valence-electron chi connectivity index (χ3n) is 4.14. The number of fused-ring (bicyclic) bond motifs is 1. The summed E-state index contributed by atoms with van der Waals surface area (Å²) in [5.41, 5.74) is 2.35. The van der Waals surface area contributed by atoms with Crippen molar-refractivity contribution in [1.29, 1.82) is 0 Å². The largest absolute Gasteiger partial charge is 0.338 e. The van der Waals surface area contributed by atoms with Gasteiger partial charge in [0.2, 0.25) is 0 Å². The maximum Gasteiger partial charge on any atom is 0.255 e. The highest BCUT2D eigenvalue weighted by Gasteiger charge is 2.23. The number of piperidine rings is 1. The average molecular weight is 303 g/mol. The second-order valence-electron chi connectivity index (χ2n) is 5.96. The van der Waals surface area contributed by atoms with E-state index in [0.717, 1.165) is 36.1 Å². The number of hydrogen-bond donors (Lipinski definition) is 0. The van der Waals surface area contributed by atoms with Gasteiger partial charge in [-0.1, -0.05) is 18.5 Å². The first-order valence-electron chi connectivity index (χ1n) is 7.41. The molecule has 1 atom stereocenters. The van der Waals surface area contributed by atoms with E-state index in [1.807, 2.05) is 36.1 Å². The SMILES string of the molecule is Cc1nc2ccc(Cl)cc2cc1C(=O)N1CCCC(C)C1. The Bertz CT molecular complexity index is 698. The number of likely N-dealkylation sites (tertiary alicyclic amines) is 1. The lowest BCUT2D eigenvalue weighted by molar-refractivity contribution is 0.0682. The van der Waals surface area contributed by atoms with Gasteiger partial charge >= 0.3 is 0 Å². The predicted octanol–water partition coefficient (Wildman–Crippen LogP) is 4.07. The Kier molecular flexibility index (Phi) is 3.85. The Labute approximate surface area is 129 Å². The molecule has 3 rings (SSSR count). The monoisotopic (exact) mass is 302 g/mol. The van der Waals surface area contributed by atoms with E-state index in [0.29, 0.717) is 16.5 Å². The van der Waals surface area contributed by atoms with Crippen molar-refractivity contribution in [2.45, 2.75) is 26.7 Å². The van der Waals surface area contributed by atoms with Gasteiger partial charge in [0.05, 0.1) is 16.8 Å². The summed E-state index contributed by atoms with van der Waals surface area (Å²) >= 11 is 6.04. The van der Waals surface area contributed by atoms with E-state index in [4.69, 9.17) is 11.6 Å². The van der Waals surface area contributed by atoms with Gasteiger partial charge in [0, 0.05) is 23.5 Å². The maximum atomic E-state index is 12.7. The molecule has 110 valence electrons. The molecule has 1 aromatic heterocycles. The molecule has 3 nitrogen and oxygen atoms in total. The average Bonchev–Trinajstić information content (AvgIpc) is 2.46. The van der Waals surface area contributed by atoms with Crippen molar-refractivity contribution in [1.82, 2.24) is 9.88 Å². The summed E-state index contributed by atoms with van der Waals surface area (Å²) in [7, 11) is 0. The smallest absolute Gasteiger partial charge is 0.255 e. The van der Waals surface area contributed by atoms with Crippen LogP contribution < -0.4 is 0 Å². The number of halogens is 1. The van der Waals surface area contributed by atoms with Crippen LogP contribution in [0.5, 0.6) is 0 Å². The van der Waals surface area contributed by atoms with Crippen molar-refractivity contribution in [3.05, 3.63) is 40.5 Å². The van der Waals surface area contributed by atoms with Gasteiger partial charge in [0.1, 0.15) is 0 Å². The molecule has 1 aliphatic rings. The van der Waals surface area contributed by atoms with Gasteiger partial charge in [-0.2, -0.15) is 0 Å². The summed E-state index contributed by atoms with van der Waals surface area (Å²) < 4.78 is 0. The standard InChI is InChI=1S/C17H19ClN2O/c1-11-4-3-7-20(10-11)17(21)15-9-13-8-14(18)5-6-16(13)19-12(15)2/h5-6,8-9,11H,3-4,7,10H2,1-2H3. The molecule has 0 spiro atoms. The molecule has 1 amide bonds. The number of rotatable bonds is 1. The van der Waals surface area contributed by atoms with Crippen molar-refractivity contribution in [2.24, 2.45) is 5.92 Å². The summed E-state index contributed by atoms with van der Waals surface area (Å²) in [6.45, 7) is 5.78. The summed E-state index contributed by atoms with van der Waals surface area (Å²) in [4.78, 5) is 19.2. The molecule has 0 saturated carbocycles. The van der Waals surface area contributed by atoms with Gasteiger partial charge in [-0.05, 0) is 49.9 Å². The van der Waals surface area contributed by atoms with Crippen LogP contribution in [0.25, 0.3) is 10.9 Å². The quantitative estimate of drug-likeness (QED) is 0.795. The third kappa shape index (κ3) is 2.88. The minimum Gasteiger partial charge on any atom is -0.338 e. The van der Waals surface area contributed by atoms with E-state index >= 15 is 0 Å². The number of benzene rings is 1. The molecule has 1 fully saturated rings. The molecule has 1 saturated heterocycles. The summed E-state index contributed by atoms with van der Waals surface area (Å²) in [6, 6.07) is 7.50. The van der Waals surface area contributed by atoms with Crippen LogP contribution in [-0.2, 0) is 0 Å². The van der Waals surface area contributed by atoms with Crippen LogP contribution in [-0.4, -0.2) is 28.9 Å². The van der Waals surface area contributed by atoms with E-state index in [9.17, 15) is 4.79 Å². The molecule has 0 radical (unpaired) electrons. The molecule has 1 aromatic carbocycles. The van der Waals surface area contributed by atoms with Gasteiger partial charge < -0.3 is 4.90 Å². The van der Waals surface area contributed by atoms with Gasteiger partial charge in [-0.3, -0.25) is 9.78 Å². The van der Waals surface area contributed by atoms with Gasteiger partial charge in [-0.25, -0.2) is 0 Å². The number of carbonyl (C=O) groups excluding carboxylic acids is 1. The number of hydrogen-bond acceptors (Lipinski definition) is 2. The van der Waals surface area contributed by atoms with Crippen LogP contribution >= 0.6 is 11.6 Å². The van der Waals surface area contributed by atoms with Gasteiger partial charge in [0.15, 0.2) is 0 Å². The first-order valence-corrected chi connectivity index (χ1v) is 7.78. The third-order valence-corrected chi connectivity index (χ3v) is 4.38. The predicted molar refractivity (Wildman–Crippen MR) is 85.8 cm³/mol. The Morgan fingerprint density at radius 1 is 1.38 bits per heavy atom. The molecule has 1 aliphatic heterocycles. The zero-order chi connectivity index (χ0) is 15.0. The van der Waals surface area contributed by atoms with Crippen molar-refractivity contribution in [3.63, 3.8) is 0 Å². The fraction of sp³-hybridized carbons (Fsp3) is 0.412. The lowest BCUT2D eigenvalue weighted by Gasteiger charge is -2.31. The van der Waals surface area contributed by atoms with E-state index in [1.165, 1.54) is 6.42 Å². The van der Waals surface area contributed by atoms with Gasteiger partial charge in [0.25, 0.3) is 5.91 Å². The minimum atomic E-state index is 0.0911. The molecule has 0 bridgehead atoms. The molecule has 0 N–H and O–H groups in total. The summed E-state index contributed by atoms with van der Waals surface area (Å²) in [5, 5.41) is 1.58. The molecule has 4 heteroatoms. The van der Waals surface area contributed by atoms with Crippen LogP contribution in [0.2, 0.25) is 5.02 Å². The zero-order valence-corrected chi connectivity index (χ0v) is 13.2. The number of amides is 1. The highest BCUT2D eigenvalue weighted by atomic mass is 35.5. The fourth-order valence-corrected chi connectivity index (χ4v) is 3.18. The van der Waals surface area contributed by atoms with Crippen LogP contribution in [0.1, 0.15) is 35.8 Å². The van der Waals surface area contributed by atoms with E-state index in [-0.39, 0.29) is 5.91 Å². The van der Waals surface area contributed by atoms with Crippen molar-refractivity contribution in [3.8, 4) is 0 Å². The Morgan fingerprint density at radius 2 is 2.19 bits per heavy atom. The molecule has 0 aliphatic carbocycles. The number of aryl methyl sites for hydroxylation is 1. The Hall–Kier alpha value is -1.61.